The predicted octanol–water partition coefficient (Wildman–Crippen LogP) is 2.01. The molecule has 0 N–H and O–H groups in total. The highest BCUT2D eigenvalue weighted by molar-refractivity contribution is 5.99. The Hall–Kier alpha value is -2.96. The van der Waals surface area contributed by atoms with Crippen molar-refractivity contribution in [2.45, 2.75) is 45.3 Å². The van der Waals surface area contributed by atoms with Crippen molar-refractivity contribution >= 4 is 17.6 Å². The Morgan fingerprint density at radius 3 is 2.55 bits per heavy atom. The number of rotatable bonds is 4. The molecule has 2 aliphatic rings. The van der Waals surface area contributed by atoms with Crippen molar-refractivity contribution in [1.82, 2.24) is 19.8 Å². The summed E-state index contributed by atoms with van der Waals surface area (Å²) in [5, 5.41) is 0. The van der Waals surface area contributed by atoms with Crippen molar-refractivity contribution in [3.63, 3.8) is 0 Å². The number of piperazine rings is 1. The van der Waals surface area contributed by atoms with Crippen LogP contribution in [0.2, 0.25) is 0 Å². The highest BCUT2D eigenvalue weighted by Crippen LogP contribution is 2.37. The molecular weight excluding hydrogens is 366 g/mol. The van der Waals surface area contributed by atoms with E-state index in [4.69, 9.17) is 0 Å². The summed E-state index contributed by atoms with van der Waals surface area (Å²) in [5.41, 5.74) is 1.34. The first-order chi connectivity index (χ1) is 13.9. The van der Waals surface area contributed by atoms with Crippen LogP contribution in [0.1, 0.15) is 31.4 Å². The van der Waals surface area contributed by atoms with E-state index >= 15 is 0 Å². The highest BCUT2D eigenvalue weighted by Gasteiger charge is 2.56. The van der Waals surface area contributed by atoms with Gasteiger partial charge in [-0.2, -0.15) is 0 Å². The van der Waals surface area contributed by atoms with Crippen molar-refractivity contribution in [3.8, 4) is 0 Å². The molecule has 2 amide bonds. The molecule has 7 nitrogen and oxygen atoms in total. The number of benzene rings is 1. The lowest BCUT2D eigenvalue weighted by Crippen LogP contribution is -2.69. The van der Waals surface area contributed by atoms with Gasteiger partial charge in [0.25, 0.3) is 5.91 Å². The fourth-order valence-electron chi connectivity index (χ4n) is 4.31. The maximum atomic E-state index is 13.6. The number of nitrogens with zero attached hydrogens (tertiary/aromatic N) is 5. The van der Waals surface area contributed by atoms with E-state index in [-0.39, 0.29) is 24.4 Å². The minimum absolute atomic E-state index is 0.00316. The first-order valence-corrected chi connectivity index (χ1v) is 10.1. The van der Waals surface area contributed by atoms with E-state index in [0.717, 1.165) is 11.4 Å². The monoisotopic (exact) mass is 393 g/mol. The van der Waals surface area contributed by atoms with E-state index < -0.39 is 5.54 Å². The number of carbonyl (C=O) groups is 2. The molecule has 0 bridgehead atoms. The SMILES string of the molecule is Cc1ccc(CN2C(=O)CN(C(C)C)C(=O)C23CCN(c2ccncn2)C3)cc1. The van der Waals surface area contributed by atoms with Gasteiger partial charge in [0.15, 0.2) is 0 Å². The minimum atomic E-state index is -0.866. The average molecular weight is 393 g/mol. The van der Waals surface area contributed by atoms with E-state index in [1.807, 2.05) is 51.1 Å². The normalized spacial score (nSPS) is 22.3. The number of anilines is 1. The second-order valence-corrected chi connectivity index (χ2v) is 8.26. The van der Waals surface area contributed by atoms with E-state index in [0.29, 0.717) is 26.1 Å². The van der Waals surface area contributed by atoms with Crippen molar-refractivity contribution in [2.75, 3.05) is 24.5 Å². The molecule has 1 aromatic heterocycles. The molecule has 0 radical (unpaired) electrons. The van der Waals surface area contributed by atoms with Gasteiger partial charge in [-0.15, -0.1) is 0 Å². The van der Waals surface area contributed by atoms with Crippen LogP contribution < -0.4 is 4.90 Å². The van der Waals surface area contributed by atoms with Crippen LogP contribution in [0.4, 0.5) is 5.82 Å². The minimum Gasteiger partial charge on any atom is -0.354 e. The van der Waals surface area contributed by atoms with Gasteiger partial charge in [-0.25, -0.2) is 9.97 Å². The van der Waals surface area contributed by atoms with E-state index in [1.54, 1.807) is 16.0 Å². The topological polar surface area (TPSA) is 69.6 Å². The molecule has 1 aromatic carbocycles. The zero-order chi connectivity index (χ0) is 20.6. The molecule has 2 fully saturated rings. The molecular formula is C22H27N5O2. The second kappa shape index (κ2) is 7.46. The highest BCUT2D eigenvalue weighted by atomic mass is 16.2. The molecule has 7 heteroatoms. The number of aryl methyl sites for hydroxylation is 1. The molecule has 2 aliphatic heterocycles. The van der Waals surface area contributed by atoms with Gasteiger partial charge in [0.2, 0.25) is 5.91 Å². The largest absolute Gasteiger partial charge is 0.354 e. The Balaban J connectivity index is 1.69. The summed E-state index contributed by atoms with van der Waals surface area (Å²) < 4.78 is 0. The number of hydrogen-bond acceptors (Lipinski definition) is 5. The summed E-state index contributed by atoms with van der Waals surface area (Å²) in [7, 11) is 0. The van der Waals surface area contributed by atoms with Gasteiger partial charge in [-0.05, 0) is 38.8 Å². The third kappa shape index (κ3) is 3.45. The number of aromatic nitrogens is 2. The van der Waals surface area contributed by atoms with E-state index in [1.165, 1.54) is 11.9 Å². The first kappa shape index (κ1) is 19.4. The molecule has 1 spiro atoms. The fraction of sp³-hybridized carbons (Fsp3) is 0.455. The van der Waals surface area contributed by atoms with Crippen LogP contribution >= 0.6 is 0 Å². The zero-order valence-corrected chi connectivity index (χ0v) is 17.2. The van der Waals surface area contributed by atoms with Gasteiger partial charge in [-0.3, -0.25) is 9.59 Å². The maximum Gasteiger partial charge on any atom is 0.251 e. The van der Waals surface area contributed by atoms with Crippen LogP contribution in [-0.4, -0.2) is 62.8 Å². The Morgan fingerprint density at radius 1 is 1.14 bits per heavy atom. The second-order valence-electron chi connectivity index (χ2n) is 8.26. The van der Waals surface area contributed by atoms with Crippen molar-refractivity contribution in [3.05, 3.63) is 54.0 Å². The van der Waals surface area contributed by atoms with E-state index in [2.05, 4.69) is 14.9 Å². The van der Waals surface area contributed by atoms with Gasteiger partial charge in [0.1, 0.15) is 24.2 Å². The van der Waals surface area contributed by atoms with Crippen LogP contribution in [0, 0.1) is 6.92 Å². The Bertz CT molecular complexity index is 899. The standard InChI is InChI=1S/C22H27N5O2/c1-16(2)26-13-20(28)27(12-18-6-4-17(3)5-7-18)22(21(26)29)9-11-25(14-22)19-8-10-23-15-24-19/h4-8,10,15-16H,9,11-14H2,1-3H3. The lowest BCUT2D eigenvalue weighted by Gasteiger charge is -2.48. The third-order valence-electron chi connectivity index (χ3n) is 6.01. The quantitative estimate of drug-likeness (QED) is 0.795. The van der Waals surface area contributed by atoms with Gasteiger partial charge in [0, 0.05) is 25.3 Å². The molecule has 0 aliphatic carbocycles. The third-order valence-corrected chi connectivity index (χ3v) is 6.01. The van der Waals surface area contributed by atoms with Crippen LogP contribution in [0.25, 0.3) is 0 Å². The molecule has 2 aromatic rings. The first-order valence-electron chi connectivity index (χ1n) is 10.1. The van der Waals surface area contributed by atoms with Gasteiger partial charge in [-0.1, -0.05) is 29.8 Å². The molecule has 1 atom stereocenters. The fourth-order valence-corrected chi connectivity index (χ4v) is 4.31. The zero-order valence-electron chi connectivity index (χ0n) is 17.2. The van der Waals surface area contributed by atoms with Crippen LogP contribution in [0.5, 0.6) is 0 Å². The maximum absolute atomic E-state index is 13.6. The van der Waals surface area contributed by atoms with Crippen LogP contribution in [0.3, 0.4) is 0 Å². The molecule has 3 heterocycles. The average Bonchev–Trinajstić information content (AvgIpc) is 3.16. The molecule has 29 heavy (non-hydrogen) atoms. The summed E-state index contributed by atoms with van der Waals surface area (Å²) in [6.45, 7) is 7.66. The summed E-state index contributed by atoms with van der Waals surface area (Å²) >= 11 is 0. The van der Waals surface area contributed by atoms with Gasteiger partial charge < -0.3 is 14.7 Å². The summed E-state index contributed by atoms with van der Waals surface area (Å²) in [6, 6.07) is 9.98. The van der Waals surface area contributed by atoms with Crippen LogP contribution in [0.15, 0.2) is 42.9 Å². The number of amides is 2. The molecule has 4 rings (SSSR count). The summed E-state index contributed by atoms with van der Waals surface area (Å²) in [4.78, 5) is 40.8. The lowest BCUT2D eigenvalue weighted by atomic mass is 9.89. The molecule has 1 unspecified atom stereocenters. The van der Waals surface area contributed by atoms with Gasteiger partial charge in [0.05, 0.1) is 6.54 Å². The molecule has 0 saturated carbocycles. The van der Waals surface area contributed by atoms with Crippen molar-refractivity contribution < 1.29 is 9.59 Å². The number of hydrogen-bond donors (Lipinski definition) is 0. The summed E-state index contributed by atoms with van der Waals surface area (Å²) in [5.74, 6) is 0.827. The van der Waals surface area contributed by atoms with Crippen molar-refractivity contribution in [1.29, 1.82) is 0 Å². The molecule has 2 saturated heterocycles. The lowest BCUT2D eigenvalue weighted by molar-refractivity contribution is -0.166. The summed E-state index contributed by atoms with van der Waals surface area (Å²) in [6.07, 6.45) is 3.81. The van der Waals surface area contributed by atoms with Gasteiger partial charge >= 0.3 is 0 Å². The molecule has 152 valence electrons. The Labute approximate surface area is 171 Å². The Kier molecular flexibility index (Phi) is 4.98. The van der Waals surface area contributed by atoms with Crippen molar-refractivity contribution in [2.24, 2.45) is 0 Å². The Morgan fingerprint density at radius 2 is 1.90 bits per heavy atom. The number of carbonyl (C=O) groups excluding carboxylic acids is 2. The van der Waals surface area contributed by atoms with E-state index in [9.17, 15) is 9.59 Å². The smallest absolute Gasteiger partial charge is 0.251 e. The predicted molar refractivity (Wildman–Crippen MR) is 110 cm³/mol. The van der Waals surface area contributed by atoms with Crippen LogP contribution in [-0.2, 0) is 16.1 Å².